The SMILES string of the molecule is CSC(=NCc1cccc(C)c1)SCc1c(C)cccc1N(N)C(=O)N(C)N. The van der Waals surface area contributed by atoms with Gasteiger partial charge in [-0.1, -0.05) is 53.7 Å². The summed E-state index contributed by atoms with van der Waals surface area (Å²) < 4.78 is 0.988. The van der Waals surface area contributed by atoms with Crippen molar-refractivity contribution in [1.82, 2.24) is 5.01 Å². The molecule has 2 rings (SSSR count). The maximum absolute atomic E-state index is 12.2. The first-order valence-corrected chi connectivity index (χ1v) is 11.0. The molecule has 4 N–H and O–H groups in total. The van der Waals surface area contributed by atoms with Gasteiger partial charge >= 0.3 is 6.03 Å². The fourth-order valence-corrected chi connectivity index (χ4v) is 4.28. The minimum absolute atomic E-state index is 0.477. The molecule has 0 aliphatic rings. The Bertz CT molecular complexity index is 854. The molecule has 0 radical (unpaired) electrons. The summed E-state index contributed by atoms with van der Waals surface area (Å²) in [5.41, 5.74) is 5.12. The van der Waals surface area contributed by atoms with Crippen LogP contribution in [0.1, 0.15) is 22.3 Å². The number of aryl methyl sites for hydroxylation is 2. The highest BCUT2D eigenvalue weighted by atomic mass is 32.2. The molecular formula is C20H27N5OS2. The Morgan fingerprint density at radius 3 is 2.50 bits per heavy atom. The second-order valence-corrected chi connectivity index (χ2v) is 8.42. The lowest BCUT2D eigenvalue weighted by Crippen LogP contribution is -2.49. The second kappa shape index (κ2) is 10.5. The summed E-state index contributed by atoms with van der Waals surface area (Å²) >= 11 is 3.26. The number of hydrazine groups is 2. The van der Waals surface area contributed by atoms with Crippen LogP contribution >= 0.6 is 23.5 Å². The van der Waals surface area contributed by atoms with Crippen LogP contribution in [0.3, 0.4) is 0 Å². The molecule has 0 unspecified atom stereocenters. The number of nitrogens with two attached hydrogens (primary N) is 2. The van der Waals surface area contributed by atoms with Crippen molar-refractivity contribution in [2.45, 2.75) is 26.1 Å². The Kier molecular flexibility index (Phi) is 8.37. The van der Waals surface area contributed by atoms with E-state index in [1.807, 2.05) is 37.4 Å². The Morgan fingerprint density at radius 2 is 1.86 bits per heavy atom. The fourth-order valence-electron chi connectivity index (χ4n) is 2.64. The van der Waals surface area contributed by atoms with Gasteiger partial charge in [0.15, 0.2) is 0 Å². The lowest BCUT2D eigenvalue weighted by Gasteiger charge is -2.24. The van der Waals surface area contributed by atoms with Gasteiger partial charge in [-0.15, -0.1) is 11.8 Å². The average Bonchev–Trinajstić information content (AvgIpc) is 2.67. The smallest absolute Gasteiger partial charge is 0.267 e. The van der Waals surface area contributed by atoms with E-state index in [4.69, 9.17) is 16.7 Å². The highest BCUT2D eigenvalue weighted by Crippen LogP contribution is 2.29. The fraction of sp³-hybridized carbons (Fsp3) is 0.300. The van der Waals surface area contributed by atoms with Crippen molar-refractivity contribution in [3.63, 3.8) is 0 Å². The summed E-state index contributed by atoms with van der Waals surface area (Å²) in [5.74, 6) is 12.2. The van der Waals surface area contributed by atoms with Gasteiger partial charge < -0.3 is 0 Å². The highest BCUT2D eigenvalue weighted by molar-refractivity contribution is 8.38. The van der Waals surface area contributed by atoms with Crippen LogP contribution in [0, 0.1) is 13.8 Å². The molecule has 0 aliphatic heterocycles. The number of carbonyl (C=O) groups is 1. The quantitative estimate of drug-likeness (QED) is 0.252. The van der Waals surface area contributed by atoms with Crippen molar-refractivity contribution in [3.8, 4) is 0 Å². The molecular weight excluding hydrogens is 390 g/mol. The third-order valence-electron chi connectivity index (χ3n) is 4.14. The zero-order chi connectivity index (χ0) is 20.7. The highest BCUT2D eigenvalue weighted by Gasteiger charge is 2.19. The van der Waals surface area contributed by atoms with Gasteiger partial charge in [-0.3, -0.25) is 10.0 Å². The van der Waals surface area contributed by atoms with Gasteiger partial charge in [0.1, 0.15) is 4.38 Å². The topological polar surface area (TPSA) is 88.0 Å². The van der Waals surface area contributed by atoms with E-state index in [9.17, 15) is 4.79 Å². The molecule has 0 fully saturated rings. The number of hydrogen-bond donors (Lipinski definition) is 2. The molecule has 0 heterocycles. The molecule has 0 saturated carbocycles. The van der Waals surface area contributed by atoms with Gasteiger partial charge in [-0.2, -0.15) is 0 Å². The summed E-state index contributed by atoms with van der Waals surface area (Å²) in [6, 6.07) is 13.6. The van der Waals surface area contributed by atoms with Crippen LogP contribution in [0.2, 0.25) is 0 Å². The van der Waals surface area contributed by atoms with Gasteiger partial charge in [0.05, 0.1) is 12.2 Å². The number of nitrogens with zero attached hydrogens (tertiary/aromatic N) is 3. The third-order valence-corrected chi connectivity index (χ3v) is 6.28. The van der Waals surface area contributed by atoms with Crippen LogP contribution < -0.4 is 16.7 Å². The maximum Gasteiger partial charge on any atom is 0.352 e. The van der Waals surface area contributed by atoms with Crippen molar-refractivity contribution in [1.29, 1.82) is 0 Å². The van der Waals surface area contributed by atoms with Crippen LogP contribution in [-0.4, -0.2) is 28.7 Å². The van der Waals surface area contributed by atoms with Crippen molar-refractivity contribution in [2.75, 3.05) is 18.3 Å². The molecule has 2 aromatic rings. The van der Waals surface area contributed by atoms with Gasteiger partial charge in [0.25, 0.3) is 0 Å². The van der Waals surface area contributed by atoms with E-state index in [1.54, 1.807) is 23.5 Å². The molecule has 0 aromatic heterocycles. The molecule has 0 aliphatic carbocycles. The summed E-state index contributed by atoms with van der Waals surface area (Å²) in [6.07, 6.45) is 2.02. The van der Waals surface area contributed by atoms with E-state index in [0.29, 0.717) is 18.0 Å². The van der Waals surface area contributed by atoms with E-state index in [-0.39, 0.29) is 0 Å². The van der Waals surface area contributed by atoms with Crippen molar-refractivity contribution < 1.29 is 4.79 Å². The first kappa shape index (κ1) is 22.3. The van der Waals surface area contributed by atoms with Crippen molar-refractivity contribution in [2.24, 2.45) is 16.7 Å². The third kappa shape index (κ3) is 6.00. The van der Waals surface area contributed by atoms with E-state index in [0.717, 1.165) is 25.5 Å². The Morgan fingerprint density at radius 1 is 1.14 bits per heavy atom. The molecule has 2 aromatic carbocycles. The molecule has 0 bridgehead atoms. The van der Waals surface area contributed by atoms with Gasteiger partial charge in [-0.25, -0.2) is 21.5 Å². The maximum atomic E-state index is 12.2. The number of benzene rings is 2. The van der Waals surface area contributed by atoms with Crippen LogP contribution in [0.15, 0.2) is 47.5 Å². The summed E-state index contributed by atoms with van der Waals surface area (Å²) in [7, 11) is 1.47. The molecule has 2 amide bonds. The Labute approximate surface area is 175 Å². The number of amides is 2. The molecule has 0 atom stereocenters. The van der Waals surface area contributed by atoms with E-state index in [2.05, 4.69) is 25.1 Å². The largest absolute Gasteiger partial charge is 0.352 e. The molecule has 0 spiro atoms. The van der Waals surface area contributed by atoms with Gasteiger partial charge in [0.2, 0.25) is 0 Å². The minimum atomic E-state index is -0.477. The normalized spacial score (nSPS) is 11.4. The Balaban J connectivity index is 2.15. The minimum Gasteiger partial charge on any atom is -0.267 e. The number of aliphatic imine (C=N–C) groups is 1. The monoisotopic (exact) mass is 417 g/mol. The van der Waals surface area contributed by atoms with Gasteiger partial charge in [0, 0.05) is 12.8 Å². The van der Waals surface area contributed by atoms with Crippen molar-refractivity contribution >= 4 is 39.6 Å². The molecule has 8 heteroatoms. The predicted octanol–water partition coefficient (Wildman–Crippen LogP) is 4.06. The molecule has 6 nitrogen and oxygen atoms in total. The number of carbonyl (C=O) groups excluding carboxylic acids is 1. The van der Waals surface area contributed by atoms with E-state index >= 15 is 0 Å². The first-order chi connectivity index (χ1) is 13.3. The van der Waals surface area contributed by atoms with Crippen LogP contribution in [0.5, 0.6) is 0 Å². The predicted molar refractivity (Wildman–Crippen MR) is 122 cm³/mol. The second-order valence-electron chi connectivity index (χ2n) is 6.40. The molecule has 28 heavy (non-hydrogen) atoms. The number of rotatable bonds is 5. The number of anilines is 1. The number of thioether (sulfide) groups is 2. The molecule has 150 valence electrons. The summed E-state index contributed by atoms with van der Waals surface area (Å²) in [5, 5.41) is 2.06. The first-order valence-electron chi connectivity index (χ1n) is 8.76. The van der Waals surface area contributed by atoms with Crippen LogP contribution in [0.25, 0.3) is 0 Å². The Hall–Kier alpha value is -2.00. The van der Waals surface area contributed by atoms with Crippen molar-refractivity contribution in [3.05, 3.63) is 64.7 Å². The number of urea groups is 1. The van der Waals surface area contributed by atoms with E-state index in [1.165, 1.54) is 18.2 Å². The number of hydrogen-bond acceptors (Lipinski definition) is 6. The summed E-state index contributed by atoms with van der Waals surface area (Å²) in [4.78, 5) is 16.9. The van der Waals surface area contributed by atoms with Gasteiger partial charge in [-0.05, 0) is 42.9 Å². The zero-order valence-corrected chi connectivity index (χ0v) is 18.3. The lowest BCUT2D eigenvalue weighted by atomic mass is 10.1. The van der Waals surface area contributed by atoms with Crippen LogP contribution in [0.4, 0.5) is 10.5 Å². The lowest BCUT2D eigenvalue weighted by molar-refractivity contribution is 0.216. The average molecular weight is 418 g/mol. The van der Waals surface area contributed by atoms with Crippen LogP contribution in [-0.2, 0) is 12.3 Å². The van der Waals surface area contributed by atoms with E-state index < -0.39 is 6.03 Å². The zero-order valence-electron chi connectivity index (χ0n) is 16.7. The standard InChI is InChI=1S/C20H27N5OS2/c1-14-7-5-9-16(11-14)12-23-19(27-4)28-13-17-15(2)8-6-10-18(17)25(22)20(26)24(3)21/h5-11H,12-13,21-22H2,1-4H3. The molecule has 0 saturated heterocycles. The summed E-state index contributed by atoms with van der Waals surface area (Å²) in [6.45, 7) is 4.73.